The summed E-state index contributed by atoms with van der Waals surface area (Å²) in [4.78, 5) is 27.4. The Morgan fingerprint density at radius 1 is 1.03 bits per heavy atom. The van der Waals surface area contributed by atoms with E-state index in [1.165, 1.54) is 0 Å². The second kappa shape index (κ2) is 9.76. The zero-order chi connectivity index (χ0) is 24.3. The Bertz CT molecular complexity index is 931. The van der Waals surface area contributed by atoms with Crippen LogP contribution in [0.1, 0.15) is 66.6 Å². The number of rotatable bonds is 6. The van der Waals surface area contributed by atoms with Crippen LogP contribution in [0.15, 0.2) is 30.3 Å². The van der Waals surface area contributed by atoms with E-state index in [0.717, 1.165) is 11.3 Å². The summed E-state index contributed by atoms with van der Waals surface area (Å²) in [7, 11) is 0. The zero-order valence-electron chi connectivity index (χ0n) is 21.0. The molecule has 2 aromatic rings. The van der Waals surface area contributed by atoms with Crippen molar-refractivity contribution in [2.75, 3.05) is 23.7 Å². The minimum Gasteiger partial charge on any atom is -0.315 e. The predicted octanol–water partition coefficient (Wildman–Crippen LogP) is 5.37. The summed E-state index contributed by atoms with van der Waals surface area (Å²) in [5.41, 5.74) is 2.28. The molecule has 2 rings (SSSR count). The molecule has 1 aromatic carbocycles. The van der Waals surface area contributed by atoms with E-state index < -0.39 is 0 Å². The number of anilines is 2. The number of aromatic nitrogens is 2. The molecule has 7 nitrogen and oxygen atoms in total. The molecule has 32 heavy (non-hydrogen) atoms. The average molecular weight is 442 g/mol. The molecule has 0 aliphatic heterocycles. The number of hydrogen-bond acceptors (Lipinski definition) is 3. The van der Waals surface area contributed by atoms with Crippen LogP contribution in [0.25, 0.3) is 0 Å². The van der Waals surface area contributed by atoms with E-state index >= 15 is 0 Å². The van der Waals surface area contributed by atoms with Gasteiger partial charge in [0.15, 0.2) is 0 Å². The van der Waals surface area contributed by atoms with Crippen molar-refractivity contribution in [3.8, 4) is 0 Å². The molecule has 0 bridgehead atoms. The summed E-state index contributed by atoms with van der Waals surface area (Å²) in [5, 5.41) is 10.6. The number of hydrogen-bond donors (Lipinski definition) is 2. The van der Waals surface area contributed by atoms with Gasteiger partial charge in [-0.2, -0.15) is 5.10 Å². The van der Waals surface area contributed by atoms with Crippen molar-refractivity contribution < 1.29 is 9.59 Å². The van der Waals surface area contributed by atoms with E-state index in [0.29, 0.717) is 18.1 Å². The predicted molar refractivity (Wildman–Crippen MR) is 131 cm³/mol. The highest BCUT2D eigenvalue weighted by molar-refractivity contribution is 5.96. The van der Waals surface area contributed by atoms with Crippen molar-refractivity contribution in [3.63, 3.8) is 0 Å². The number of carbonyl (C=O) groups excluding carboxylic acids is 2. The van der Waals surface area contributed by atoms with Crippen molar-refractivity contribution in [1.29, 1.82) is 0 Å². The summed E-state index contributed by atoms with van der Waals surface area (Å²) in [6, 6.07) is 9.22. The molecule has 1 aromatic heterocycles. The molecule has 0 saturated heterocycles. The normalized spacial score (nSPS) is 12.1. The maximum absolute atomic E-state index is 13.0. The standard InChI is InChI=1S/C25H39N5O2/c1-17(2)15-29(23(32)26-19-12-10-18(3)11-13-19)16-22(31)27-21-14-20(24(4,5)6)28-30(21)25(7,8)9/h10-14,17H,15-16H2,1-9H3,(H,26,32)(H,27,31). The number of nitrogens with zero attached hydrogens (tertiary/aromatic N) is 3. The second-order valence-electron chi connectivity index (χ2n) is 10.9. The highest BCUT2D eigenvalue weighted by Gasteiger charge is 2.26. The van der Waals surface area contributed by atoms with Crippen LogP contribution in [0.3, 0.4) is 0 Å². The number of nitrogens with one attached hydrogen (secondary N) is 2. The molecule has 1 heterocycles. The van der Waals surface area contributed by atoms with Gasteiger partial charge in [0.25, 0.3) is 0 Å². The molecule has 0 unspecified atom stereocenters. The molecule has 0 atom stereocenters. The van der Waals surface area contributed by atoms with Crippen molar-refractivity contribution >= 4 is 23.4 Å². The Balaban J connectivity index is 2.19. The van der Waals surface area contributed by atoms with E-state index in [2.05, 4.69) is 31.4 Å². The molecule has 7 heteroatoms. The van der Waals surface area contributed by atoms with Crippen LogP contribution >= 0.6 is 0 Å². The van der Waals surface area contributed by atoms with Crippen molar-refractivity contribution in [2.45, 2.75) is 73.3 Å². The lowest BCUT2D eigenvalue weighted by atomic mass is 9.92. The summed E-state index contributed by atoms with van der Waals surface area (Å²) in [6.45, 7) is 18.9. The molecule has 0 radical (unpaired) electrons. The summed E-state index contributed by atoms with van der Waals surface area (Å²) in [6.07, 6.45) is 0. The highest BCUT2D eigenvalue weighted by Crippen LogP contribution is 2.28. The molecule has 0 saturated carbocycles. The first kappa shape index (κ1) is 25.4. The van der Waals surface area contributed by atoms with Crippen LogP contribution in [0.5, 0.6) is 0 Å². The van der Waals surface area contributed by atoms with Gasteiger partial charge in [0.1, 0.15) is 12.4 Å². The van der Waals surface area contributed by atoms with Crippen molar-refractivity contribution in [3.05, 3.63) is 41.6 Å². The molecule has 3 amide bonds. The van der Waals surface area contributed by atoms with Crippen LogP contribution in [-0.2, 0) is 15.7 Å². The number of aryl methyl sites for hydroxylation is 1. The molecule has 0 fully saturated rings. The first-order valence-electron chi connectivity index (χ1n) is 11.2. The number of carbonyl (C=O) groups is 2. The van der Waals surface area contributed by atoms with Crippen molar-refractivity contribution in [2.24, 2.45) is 5.92 Å². The SMILES string of the molecule is Cc1ccc(NC(=O)N(CC(=O)Nc2cc(C(C)(C)C)nn2C(C)(C)C)CC(C)C)cc1. The average Bonchev–Trinajstić information content (AvgIpc) is 3.07. The maximum Gasteiger partial charge on any atom is 0.322 e. The van der Waals surface area contributed by atoms with Gasteiger partial charge in [0.05, 0.1) is 11.2 Å². The van der Waals surface area contributed by atoms with Crippen LogP contribution < -0.4 is 10.6 Å². The highest BCUT2D eigenvalue weighted by atomic mass is 16.2. The Hall–Kier alpha value is -2.83. The van der Waals surface area contributed by atoms with E-state index in [9.17, 15) is 9.59 Å². The molecular formula is C25H39N5O2. The molecule has 0 aliphatic carbocycles. The van der Waals surface area contributed by atoms with E-state index in [-0.39, 0.29) is 35.4 Å². The Labute approximate surface area is 192 Å². The third-order valence-corrected chi connectivity index (χ3v) is 4.89. The molecule has 176 valence electrons. The Kier molecular flexibility index (Phi) is 7.75. The van der Waals surface area contributed by atoms with Gasteiger partial charge in [-0.25, -0.2) is 9.48 Å². The lowest BCUT2D eigenvalue weighted by Crippen LogP contribution is -2.43. The van der Waals surface area contributed by atoms with Crippen LogP contribution in [0.2, 0.25) is 0 Å². The summed E-state index contributed by atoms with van der Waals surface area (Å²) in [5.74, 6) is 0.602. The fraction of sp³-hybridized carbons (Fsp3) is 0.560. The molecule has 0 aliphatic rings. The lowest BCUT2D eigenvalue weighted by molar-refractivity contribution is -0.116. The Morgan fingerprint density at radius 2 is 1.62 bits per heavy atom. The van der Waals surface area contributed by atoms with Gasteiger partial charge in [0.2, 0.25) is 5.91 Å². The van der Waals surface area contributed by atoms with Gasteiger partial charge in [-0.15, -0.1) is 0 Å². The lowest BCUT2D eigenvalue weighted by Gasteiger charge is -2.26. The Morgan fingerprint density at radius 3 is 2.12 bits per heavy atom. The van der Waals surface area contributed by atoms with Crippen LogP contribution in [-0.4, -0.2) is 39.7 Å². The van der Waals surface area contributed by atoms with Crippen molar-refractivity contribution in [1.82, 2.24) is 14.7 Å². The monoisotopic (exact) mass is 441 g/mol. The third-order valence-electron chi connectivity index (χ3n) is 4.89. The van der Waals surface area contributed by atoms with E-state index in [1.54, 1.807) is 4.90 Å². The minimum atomic E-state index is -0.299. The van der Waals surface area contributed by atoms with Gasteiger partial charge >= 0.3 is 6.03 Å². The zero-order valence-corrected chi connectivity index (χ0v) is 21.0. The third kappa shape index (κ3) is 7.11. The maximum atomic E-state index is 13.0. The van der Waals surface area contributed by atoms with E-state index in [4.69, 9.17) is 5.10 Å². The van der Waals surface area contributed by atoms with Gasteiger partial charge in [-0.3, -0.25) is 4.79 Å². The summed E-state index contributed by atoms with van der Waals surface area (Å²) < 4.78 is 1.84. The quantitative estimate of drug-likeness (QED) is 0.632. The number of urea groups is 1. The van der Waals surface area contributed by atoms with Gasteiger partial charge in [0, 0.05) is 23.7 Å². The van der Waals surface area contributed by atoms with Crippen LogP contribution in [0, 0.1) is 12.8 Å². The van der Waals surface area contributed by atoms with Crippen LogP contribution in [0.4, 0.5) is 16.3 Å². The smallest absolute Gasteiger partial charge is 0.315 e. The number of benzene rings is 1. The van der Waals surface area contributed by atoms with Gasteiger partial charge in [-0.1, -0.05) is 52.3 Å². The molecule has 0 spiro atoms. The first-order valence-corrected chi connectivity index (χ1v) is 11.2. The number of amides is 3. The fourth-order valence-electron chi connectivity index (χ4n) is 3.20. The fourth-order valence-corrected chi connectivity index (χ4v) is 3.20. The van der Waals surface area contributed by atoms with Gasteiger partial charge < -0.3 is 15.5 Å². The first-order chi connectivity index (χ1) is 14.7. The van der Waals surface area contributed by atoms with E-state index in [1.807, 2.05) is 76.6 Å². The largest absolute Gasteiger partial charge is 0.322 e. The van der Waals surface area contributed by atoms with Gasteiger partial charge in [-0.05, 0) is 45.7 Å². The molecule has 2 N–H and O–H groups in total. The topological polar surface area (TPSA) is 79.3 Å². The second-order valence-corrected chi connectivity index (χ2v) is 10.9. The minimum absolute atomic E-state index is 0.0456. The molecular weight excluding hydrogens is 402 g/mol. The summed E-state index contributed by atoms with van der Waals surface area (Å²) >= 11 is 0.